The molecule has 0 bridgehead atoms. The molecule has 0 fully saturated rings. The lowest BCUT2D eigenvalue weighted by atomic mass is 10.00. The van der Waals surface area contributed by atoms with Gasteiger partial charge in [0, 0.05) is 30.9 Å². The van der Waals surface area contributed by atoms with Gasteiger partial charge in [-0.1, -0.05) is 18.2 Å². The summed E-state index contributed by atoms with van der Waals surface area (Å²) in [6, 6.07) is 9.74. The van der Waals surface area contributed by atoms with Crippen molar-refractivity contribution in [3.63, 3.8) is 0 Å². The van der Waals surface area contributed by atoms with E-state index in [2.05, 4.69) is 25.7 Å². The van der Waals surface area contributed by atoms with E-state index in [0.717, 1.165) is 16.8 Å². The molecule has 0 aliphatic carbocycles. The van der Waals surface area contributed by atoms with Crippen LogP contribution in [-0.2, 0) is 19.2 Å². The average Bonchev–Trinajstić information content (AvgIpc) is 3.34. The molecule has 0 spiro atoms. The standard InChI is InChI=1S/C20H26N6O2/c1-4-21-19(23-14-20(2,27)16-10-24-26(3)12-16)22-11-17-13-28-18(25-17)15-8-6-5-7-9-15/h5-10,12-13,27H,4,11,14H2,1-3H3,(H2,21,22,23). The number of guanidine groups is 1. The van der Waals surface area contributed by atoms with Crippen molar-refractivity contribution in [3.05, 3.63) is 60.2 Å². The number of benzene rings is 1. The Balaban J connectivity index is 1.63. The monoisotopic (exact) mass is 382 g/mol. The van der Waals surface area contributed by atoms with E-state index >= 15 is 0 Å². The van der Waals surface area contributed by atoms with Crippen molar-refractivity contribution in [1.29, 1.82) is 0 Å². The SMILES string of the molecule is CCNC(=NCc1coc(-c2ccccc2)n1)NCC(C)(O)c1cnn(C)c1. The van der Waals surface area contributed by atoms with Gasteiger partial charge in [0.2, 0.25) is 5.89 Å². The van der Waals surface area contributed by atoms with Crippen molar-refractivity contribution >= 4 is 5.96 Å². The van der Waals surface area contributed by atoms with E-state index in [1.165, 1.54) is 0 Å². The minimum Gasteiger partial charge on any atom is -0.444 e. The highest BCUT2D eigenvalue weighted by molar-refractivity contribution is 5.79. The first-order chi connectivity index (χ1) is 13.5. The maximum absolute atomic E-state index is 10.7. The van der Waals surface area contributed by atoms with E-state index < -0.39 is 5.60 Å². The Bertz CT molecular complexity index is 914. The number of hydrogen-bond donors (Lipinski definition) is 3. The molecular formula is C20H26N6O2. The van der Waals surface area contributed by atoms with Gasteiger partial charge in [-0.2, -0.15) is 5.10 Å². The Morgan fingerprint density at radius 1 is 1.29 bits per heavy atom. The van der Waals surface area contributed by atoms with Gasteiger partial charge in [0.15, 0.2) is 5.96 Å². The summed E-state index contributed by atoms with van der Waals surface area (Å²) in [7, 11) is 1.82. The molecule has 0 amide bonds. The van der Waals surface area contributed by atoms with Gasteiger partial charge in [-0.05, 0) is 26.0 Å². The van der Waals surface area contributed by atoms with Crippen LogP contribution in [0.1, 0.15) is 25.1 Å². The van der Waals surface area contributed by atoms with Crippen molar-refractivity contribution in [2.24, 2.45) is 12.0 Å². The number of aliphatic hydroxyl groups is 1. The highest BCUT2D eigenvalue weighted by Crippen LogP contribution is 2.19. The maximum atomic E-state index is 10.7. The van der Waals surface area contributed by atoms with Crippen LogP contribution in [0.3, 0.4) is 0 Å². The summed E-state index contributed by atoms with van der Waals surface area (Å²) in [5.74, 6) is 1.17. The summed E-state index contributed by atoms with van der Waals surface area (Å²) in [5, 5.41) is 21.2. The number of aryl methyl sites for hydroxylation is 1. The van der Waals surface area contributed by atoms with Crippen LogP contribution in [0.2, 0.25) is 0 Å². The first-order valence-corrected chi connectivity index (χ1v) is 9.21. The second kappa shape index (κ2) is 8.71. The zero-order valence-corrected chi connectivity index (χ0v) is 16.4. The number of aliphatic imine (C=N–C) groups is 1. The van der Waals surface area contributed by atoms with E-state index in [1.807, 2.05) is 44.3 Å². The molecule has 1 atom stereocenters. The van der Waals surface area contributed by atoms with Gasteiger partial charge in [-0.25, -0.2) is 9.98 Å². The van der Waals surface area contributed by atoms with Gasteiger partial charge in [0.25, 0.3) is 0 Å². The quantitative estimate of drug-likeness (QED) is 0.427. The summed E-state index contributed by atoms with van der Waals surface area (Å²) in [4.78, 5) is 9.01. The molecule has 1 aromatic carbocycles. The van der Waals surface area contributed by atoms with Crippen LogP contribution in [0.25, 0.3) is 11.5 Å². The molecule has 0 aliphatic heterocycles. The van der Waals surface area contributed by atoms with Crippen molar-refractivity contribution < 1.29 is 9.52 Å². The molecule has 0 saturated heterocycles. The molecule has 2 heterocycles. The summed E-state index contributed by atoms with van der Waals surface area (Å²) in [5.41, 5.74) is 1.33. The number of nitrogens with one attached hydrogen (secondary N) is 2. The number of nitrogens with zero attached hydrogens (tertiary/aromatic N) is 4. The van der Waals surface area contributed by atoms with Gasteiger partial charge < -0.3 is 20.2 Å². The molecule has 0 aliphatic rings. The normalized spacial score (nSPS) is 13.9. The van der Waals surface area contributed by atoms with E-state index in [9.17, 15) is 5.11 Å². The Hall–Kier alpha value is -3.13. The zero-order valence-electron chi connectivity index (χ0n) is 16.4. The van der Waals surface area contributed by atoms with Crippen LogP contribution in [0.4, 0.5) is 0 Å². The largest absolute Gasteiger partial charge is 0.444 e. The predicted octanol–water partition coefficient (Wildman–Crippen LogP) is 2.04. The molecular weight excluding hydrogens is 356 g/mol. The Morgan fingerprint density at radius 2 is 2.07 bits per heavy atom. The molecule has 1 unspecified atom stereocenters. The Kier molecular flexibility index (Phi) is 6.10. The summed E-state index contributed by atoms with van der Waals surface area (Å²) < 4.78 is 7.21. The lowest BCUT2D eigenvalue weighted by molar-refractivity contribution is 0.0616. The molecule has 28 heavy (non-hydrogen) atoms. The highest BCUT2D eigenvalue weighted by atomic mass is 16.3. The van der Waals surface area contributed by atoms with Gasteiger partial charge in [-0.3, -0.25) is 4.68 Å². The van der Waals surface area contributed by atoms with Crippen LogP contribution in [-0.4, -0.2) is 38.9 Å². The fourth-order valence-corrected chi connectivity index (χ4v) is 2.65. The van der Waals surface area contributed by atoms with Gasteiger partial charge in [0.05, 0.1) is 19.3 Å². The second-order valence-electron chi connectivity index (χ2n) is 6.74. The minimum atomic E-state index is -1.07. The van der Waals surface area contributed by atoms with Crippen LogP contribution in [0, 0.1) is 0 Å². The van der Waals surface area contributed by atoms with Crippen molar-refractivity contribution in [2.45, 2.75) is 26.0 Å². The van der Waals surface area contributed by atoms with Crippen molar-refractivity contribution in [1.82, 2.24) is 25.4 Å². The summed E-state index contributed by atoms with van der Waals surface area (Å²) in [6.45, 7) is 5.08. The van der Waals surface area contributed by atoms with Crippen LogP contribution < -0.4 is 10.6 Å². The fraction of sp³-hybridized carbons (Fsp3) is 0.350. The third-order valence-corrected chi connectivity index (χ3v) is 4.24. The number of aromatic nitrogens is 3. The Labute approximate surface area is 164 Å². The summed E-state index contributed by atoms with van der Waals surface area (Å²) in [6.07, 6.45) is 5.07. The molecule has 3 N–H and O–H groups in total. The van der Waals surface area contributed by atoms with Crippen LogP contribution in [0.15, 0.2) is 58.4 Å². The highest BCUT2D eigenvalue weighted by Gasteiger charge is 2.25. The third kappa shape index (κ3) is 4.98. The molecule has 8 heteroatoms. The number of rotatable bonds is 7. The molecule has 148 valence electrons. The lowest BCUT2D eigenvalue weighted by Gasteiger charge is -2.23. The first-order valence-electron chi connectivity index (χ1n) is 9.21. The molecule has 0 saturated carbocycles. The first kappa shape index (κ1) is 19.6. The van der Waals surface area contributed by atoms with E-state index in [1.54, 1.807) is 30.3 Å². The second-order valence-corrected chi connectivity index (χ2v) is 6.74. The van der Waals surface area contributed by atoms with Crippen LogP contribution in [0.5, 0.6) is 0 Å². The zero-order chi connectivity index (χ0) is 20.0. The molecule has 3 rings (SSSR count). The minimum absolute atomic E-state index is 0.290. The molecule has 2 aromatic heterocycles. The molecule has 8 nitrogen and oxygen atoms in total. The molecule has 3 aromatic rings. The number of hydrogen-bond acceptors (Lipinski definition) is 5. The van der Waals surface area contributed by atoms with Crippen LogP contribution >= 0.6 is 0 Å². The van der Waals surface area contributed by atoms with Gasteiger partial charge in [-0.15, -0.1) is 0 Å². The maximum Gasteiger partial charge on any atom is 0.226 e. The summed E-state index contributed by atoms with van der Waals surface area (Å²) >= 11 is 0. The van der Waals surface area contributed by atoms with E-state index in [4.69, 9.17) is 4.42 Å². The average molecular weight is 382 g/mol. The smallest absolute Gasteiger partial charge is 0.226 e. The van der Waals surface area contributed by atoms with E-state index in [0.29, 0.717) is 31.5 Å². The van der Waals surface area contributed by atoms with Gasteiger partial charge >= 0.3 is 0 Å². The van der Waals surface area contributed by atoms with E-state index in [-0.39, 0.29) is 0 Å². The topological polar surface area (TPSA) is 100 Å². The Morgan fingerprint density at radius 3 is 2.75 bits per heavy atom. The van der Waals surface area contributed by atoms with Crippen molar-refractivity contribution in [3.8, 4) is 11.5 Å². The lowest BCUT2D eigenvalue weighted by Crippen LogP contribution is -2.44. The number of oxazole rings is 1. The fourth-order valence-electron chi connectivity index (χ4n) is 2.65. The van der Waals surface area contributed by atoms with Crippen molar-refractivity contribution in [2.75, 3.05) is 13.1 Å². The third-order valence-electron chi connectivity index (χ3n) is 4.24. The predicted molar refractivity (Wildman–Crippen MR) is 108 cm³/mol. The van der Waals surface area contributed by atoms with Gasteiger partial charge in [0.1, 0.15) is 17.6 Å². The molecule has 0 radical (unpaired) electrons.